The fourth-order valence-corrected chi connectivity index (χ4v) is 3.41. The van der Waals surface area contributed by atoms with Crippen molar-refractivity contribution < 1.29 is 19.0 Å². The second kappa shape index (κ2) is 8.99. The monoisotopic (exact) mass is 483 g/mol. The molecule has 2 aromatic rings. The van der Waals surface area contributed by atoms with Gasteiger partial charge in [0, 0.05) is 5.56 Å². The van der Waals surface area contributed by atoms with E-state index in [1.54, 1.807) is 30.3 Å². The van der Waals surface area contributed by atoms with E-state index in [0.717, 1.165) is 0 Å². The molecule has 8 heteroatoms. The minimum absolute atomic E-state index is 0.166. The fraction of sp³-hybridized carbons (Fsp3) is 0.200. The van der Waals surface area contributed by atoms with Gasteiger partial charge in [-0.25, -0.2) is 9.79 Å². The summed E-state index contributed by atoms with van der Waals surface area (Å²) >= 11 is 15.4. The summed E-state index contributed by atoms with van der Waals surface area (Å²) in [6.45, 7) is 4.76. The number of hydrogen-bond donors (Lipinski definition) is 0. The summed E-state index contributed by atoms with van der Waals surface area (Å²) in [5.74, 6) is 0.806. The van der Waals surface area contributed by atoms with Crippen molar-refractivity contribution in [2.75, 3.05) is 13.2 Å². The highest BCUT2D eigenvalue weighted by Crippen LogP contribution is 2.38. The van der Waals surface area contributed by atoms with E-state index in [2.05, 4.69) is 20.9 Å². The van der Waals surface area contributed by atoms with Crippen molar-refractivity contribution in [1.82, 2.24) is 0 Å². The van der Waals surface area contributed by atoms with Gasteiger partial charge in [-0.15, -0.1) is 0 Å². The first-order valence-corrected chi connectivity index (χ1v) is 10.0. The number of hydrogen-bond acceptors (Lipinski definition) is 5. The van der Waals surface area contributed by atoms with Crippen LogP contribution in [-0.4, -0.2) is 25.1 Å². The van der Waals surface area contributed by atoms with Crippen LogP contribution in [-0.2, 0) is 9.53 Å². The van der Waals surface area contributed by atoms with Crippen LogP contribution in [0.25, 0.3) is 6.08 Å². The van der Waals surface area contributed by atoms with Crippen LogP contribution in [0, 0.1) is 0 Å². The quantitative estimate of drug-likeness (QED) is 0.378. The molecule has 3 rings (SSSR count). The molecule has 0 bridgehead atoms. The van der Waals surface area contributed by atoms with Crippen LogP contribution in [0.2, 0.25) is 10.0 Å². The molecule has 28 heavy (non-hydrogen) atoms. The number of carbonyl (C=O) groups excluding carboxylic acids is 1. The van der Waals surface area contributed by atoms with E-state index in [4.69, 9.17) is 37.4 Å². The first kappa shape index (κ1) is 20.7. The molecule has 1 aliphatic rings. The zero-order valence-corrected chi connectivity index (χ0v) is 18.2. The summed E-state index contributed by atoms with van der Waals surface area (Å²) < 4.78 is 17.3. The van der Waals surface area contributed by atoms with Crippen molar-refractivity contribution in [3.05, 3.63) is 61.7 Å². The Morgan fingerprint density at radius 2 is 1.86 bits per heavy atom. The molecule has 0 spiro atoms. The molecule has 0 aromatic heterocycles. The highest BCUT2D eigenvalue weighted by molar-refractivity contribution is 9.10. The number of aliphatic imine (C=N–C) groups is 1. The summed E-state index contributed by atoms with van der Waals surface area (Å²) in [5.41, 5.74) is 1.44. The third kappa shape index (κ3) is 4.51. The maximum atomic E-state index is 12.2. The third-order valence-electron chi connectivity index (χ3n) is 3.71. The molecule has 0 saturated carbocycles. The van der Waals surface area contributed by atoms with Crippen molar-refractivity contribution in [3.63, 3.8) is 0 Å². The van der Waals surface area contributed by atoms with Crippen LogP contribution in [0.4, 0.5) is 0 Å². The molecular formula is C20H16BrCl2NO4. The molecule has 0 fully saturated rings. The van der Waals surface area contributed by atoms with Crippen LogP contribution in [0.5, 0.6) is 11.5 Å². The lowest BCUT2D eigenvalue weighted by Crippen LogP contribution is -2.05. The van der Waals surface area contributed by atoms with Gasteiger partial charge in [-0.3, -0.25) is 0 Å². The summed E-state index contributed by atoms with van der Waals surface area (Å²) in [6.07, 6.45) is 1.62. The highest BCUT2D eigenvalue weighted by atomic mass is 79.9. The first-order valence-electron chi connectivity index (χ1n) is 8.50. The van der Waals surface area contributed by atoms with E-state index >= 15 is 0 Å². The van der Waals surface area contributed by atoms with Crippen molar-refractivity contribution in [1.29, 1.82) is 0 Å². The largest absolute Gasteiger partial charge is 0.490 e. The molecular weight excluding hydrogens is 469 g/mol. The summed E-state index contributed by atoms with van der Waals surface area (Å²) in [5, 5.41) is 0.765. The molecule has 0 unspecified atom stereocenters. The van der Waals surface area contributed by atoms with Gasteiger partial charge in [0.25, 0.3) is 0 Å². The molecule has 5 nitrogen and oxygen atoms in total. The highest BCUT2D eigenvalue weighted by Gasteiger charge is 2.25. The normalized spacial score (nSPS) is 14.8. The Morgan fingerprint density at radius 3 is 2.54 bits per heavy atom. The Hall–Kier alpha value is -2.02. The molecule has 0 radical (unpaired) electrons. The van der Waals surface area contributed by atoms with Gasteiger partial charge in [-0.1, -0.05) is 23.2 Å². The van der Waals surface area contributed by atoms with Gasteiger partial charge in [0.15, 0.2) is 17.2 Å². The predicted molar refractivity (Wildman–Crippen MR) is 114 cm³/mol. The van der Waals surface area contributed by atoms with Crippen LogP contribution in [0.1, 0.15) is 25.0 Å². The Kier molecular flexibility index (Phi) is 6.65. The summed E-state index contributed by atoms with van der Waals surface area (Å²) in [6, 6.07) is 8.51. The minimum atomic E-state index is -0.552. The molecule has 0 amide bonds. The standard InChI is InChI=1S/C20H16BrCl2NO4/c1-3-26-17-9-11(7-13(21)18(17)27-4-2)8-16-20(25)28-19(24-16)12-5-6-14(22)15(23)10-12/h5-10H,3-4H2,1-2H3/b16-8-. The van der Waals surface area contributed by atoms with Gasteiger partial charge in [0.1, 0.15) is 0 Å². The van der Waals surface area contributed by atoms with Gasteiger partial charge >= 0.3 is 5.97 Å². The number of rotatable bonds is 6. The number of carbonyl (C=O) groups is 1. The maximum absolute atomic E-state index is 12.2. The van der Waals surface area contributed by atoms with Gasteiger partial charge < -0.3 is 14.2 Å². The average molecular weight is 485 g/mol. The molecule has 0 atom stereocenters. The first-order chi connectivity index (χ1) is 13.4. The van der Waals surface area contributed by atoms with Crippen molar-refractivity contribution in [3.8, 4) is 11.5 Å². The lowest BCUT2D eigenvalue weighted by atomic mass is 10.1. The Morgan fingerprint density at radius 1 is 1.11 bits per heavy atom. The Bertz CT molecular complexity index is 988. The van der Waals surface area contributed by atoms with E-state index in [1.807, 2.05) is 19.9 Å². The molecule has 0 aliphatic carbocycles. The Balaban J connectivity index is 1.97. The number of benzene rings is 2. The van der Waals surface area contributed by atoms with Gasteiger partial charge in [-0.2, -0.15) is 0 Å². The van der Waals surface area contributed by atoms with Gasteiger partial charge in [0.2, 0.25) is 5.90 Å². The summed E-state index contributed by atoms with van der Waals surface area (Å²) in [7, 11) is 0. The second-order valence-corrected chi connectivity index (χ2v) is 7.33. The minimum Gasteiger partial charge on any atom is -0.490 e. The maximum Gasteiger partial charge on any atom is 0.363 e. The van der Waals surface area contributed by atoms with Crippen LogP contribution in [0.3, 0.4) is 0 Å². The van der Waals surface area contributed by atoms with E-state index < -0.39 is 5.97 Å². The van der Waals surface area contributed by atoms with Gasteiger partial charge in [0.05, 0.1) is 27.7 Å². The van der Waals surface area contributed by atoms with Crippen molar-refractivity contribution in [2.24, 2.45) is 4.99 Å². The van der Waals surface area contributed by atoms with E-state index in [0.29, 0.717) is 50.4 Å². The third-order valence-corrected chi connectivity index (χ3v) is 5.04. The fourth-order valence-electron chi connectivity index (χ4n) is 2.54. The molecule has 146 valence electrons. The van der Waals surface area contributed by atoms with Crippen LogP contribution >= 0.6 is 39.1 Å². The predicted octanol–water partition coefficient (Wildman–Crippen LogP) is 5.90. The zero-order valence-electron chi connectivity index (χ0n) is 15.1. The topological polar surface area (TPSA) is 57.1 Å². The smallest absolute Gasteiger partial charge is 0.363 e. The van der Waals surface area contributed by atoms with Gasteiger partial charge in [-0.05, 0) is 71.7 Å². The average Bonchev–Trinajstić information content (AvgIpc) is 3.01. The van der Waals surface area contributed by atoms with Crippen LogP contribution < -0.4 is 9.47 Å². The second-order valence-electron chi connectivity index (χ2n) is 5.66. The number of cyclic esters (lactones) is 1. The molecule has 2 aromatic carbocycles. The summed E-state index contributed by atoms with van der Waals surface area (Å²) in [4.78, 5) is 16.5. The zero-order chi connectivity index (χ0) is 20.3. The molecule has 0 N–H and O–H groups in total. The van der Waals surface area contributed by atoms with Crippen LogP contribution in [0.15, 0.2) is 45.5 Å². The number of halogens is 3. The van der Waals surface area contributed by atoms with E-state index in [9.17, 15) is 4.79 Å². The molecule has 1 heterocycles. The molecule has 0 saturated heterocycles. The molecule has 1 aliphatic heterocycles. The van der Waals surface area contributed by atoms with Crippen molar-refractivity contribution >= 4 is 57.1 Å². The van der Waals surface area contributed by atoms with E-state index in [1.165, 1.54) is 0 Å². The van der Waals surface area contributed by atoms with E-state index in [-0.39, 0.29) is 11.6 Å². The number of esters is 1. The number of nitrogens with zero attached hydrogens (tertiary/aromatic N) is 1. The Labute approximate surface area is 181 Å². The van der Waals surface area contributed by atoms with Crippen molar-refractivity contribution in [2.45, 2.75) is 13.8 Å². The lowest BCUT2D eigenvalue weighted by Gasteiger charge is -2.13. The number of ether oxygens (including phenoxy) is 3. The lowest BCUT2D eigenvalue weighted by molar-refractivity contribution is -0.129. The SMILES string of the molecule is CCOc1cc(/C=C2\N=C(c3ccc(Cl)c(Cl)c3)OC2=O)cc(Br)c1OCC.